The second kappa shape index (κ2) is 6.05. The predicted molar refractivity (Wildman–Crippen MR) is 79.4 cm³/mol. The van der Waals surface area contributed by atoms with Gasteiger partial charge in [0.25, 0.3) is 0 Å². The van der Waals surface area contributed by atoms with Crippen molar-refractivity contribution < 1.29 is 9.59 Å². The molecule has 0 saturated heterocycles. The first kappa shape index (κ1) is 14.5. The van der Waals surface area contributed by atoms with E-state index < -0.39 is 0 Å². The monoisotopic (exact) mass is 275 g/mol. The van der Waals surface area contributed by atoms with Crippen molar-refractivity contribution in [2.75, 3.05) is 10.6 Å². The van der Waals surface area contributed by atoms with E-state index in [0.717, 1.165) is 19.3 Å². The van der Waals surface area contributed by atoms with Gasteiger partial charge in [0.2, 0.25) is 11.8 Å². The summed E-state index contributed by atoms with van der Waals surface area (Å²) in [6.45, 7) is 1.79. The molecule has 0 unspecified atom stereocenters. The number of amides is 2. The minimum absolute atomic E-state index is 0.0520. The Balaban J connectivity index is 1.93. The van der Waals surface area contributed by atoms with Gasteiger partial charge in [0, 0.05) is 29.8 Å². The maximum absolute atomic E-state index is 11.9. The number of carbonyl (C=O) groups excluding carboxylic acids is 2. The molecule has 0 atom stereocenters. The highest BCUT2D eigenvalue weighted by Gasteiger charge is 2.34. The molecule has 5 heteroatoms. The molecule has 1 aromatic carbocycles. The van der Waals surface area contributed by atoms with Gasteiger partial charge >= 0.3 is 0 Å². The lowest BCUT2D eigenvalue weighted by atomic mass is 9.75. The molecule has 0 aromatic heterocycles. The zero-order chi connectivity index (χ0) is 14.6. The Morgan fingerprint density at radius 3 is 2.30 bits per heavy atom. The number of hydrogen-bond acceptors (Lipinski definition) is 3. The topological polar surface area (TPSA) is 84.2 Å². The van der Waals surface area contributed by atoms with Gasteiger partial charge < -0.3 is 16.4 Å². The first-order valence-corrected chi connectivity index (χ1v) is 6.99. The summed E-state index contributed by atoms with van der Waals surface area (Å²) in [5.74, 6) is -0.130. The second-order valence-corrected chi connectivity index (χ2v) is 5.42. The molecule has 1 aliphatic rings. The predicted octanol–water partition coefficient (Wildman–Crippen LogP) is 2.25. The molecule has 20 heavy (non-hydrogen) atoms. The van der Waals surface area contributed by atoms with Crippen LogP contribution in [-0.4, -0.2) is 17.4 Å². The van der Waals surface area contributed by atoms with Crippen molar-refractivity contribution in [3.05, 3.63) is 24.3 Å². The van der Waals surface area contributed by atoms with E-state index in [2.05, 4.69) is 10.6 Å². The molecule has 5 nitrogen and oxygen atoms in total. The summed E-state index contributed by atoms with van der Waals surface area (Å²) < 4.78 is 0. The van der Waals surface area contributed by atoms with Gasteiger partial charge in [-0.05, 0) is 37.5 Å². The summed E-state index contributed by atoms with van der Waals surface area (Å²) in [6, 6.07) is 7.13. The normalized spacial score (nSPS) is 16.1. The highest BCUT2D eigenvalue weighted by Crippen LogP contribution is 2.32. The summed E-state index contributed by atoms with van der Waals surface area (Å²) in [7, 11) is 0. The van der Waals surface area contributed by atoms with Crippen molar-refractivity contribution in [2.45, 2.75) is 44.6 Å². The average Bonchev–Trinajstić information content (AvgIpc) is 2.37. The number of benzene rings is 1. The molecule has 1 aromatic rings. The summed E-state index contributed by atoms with van der Waals surface area (Å²) in [5, 5.41) is 5.59. The third-order valence-electron chi connectivity index (χ3n) is 3.61. The van der Waals surface area contributed by atoms with Gasteiger partial charge in [0.1, 0.15) is 0 Å². The molecule has 0 bridgehead atoms. The van der Waals surface area contributed by atoms with E-state index in [9.17, 15) is 9.59 Å². The van der Waals surface area contributed by atoms with Gasteiger partial charge in [-0.15, -0.1) is 0 Å². The molecule has 1 fully saturated rings. The lowest BCUT2D eigenvalue weighted by Crippen LogP contribution is -2.48. The number of rotatable bonds is 5. The molecule has 108 valence electrons. The van der Waals surface area contributed by atoms with Crippen LogP contribution in [0.5, 0.6) is 0 Å². The zero-order valence-electron chi connectivity index (χ0n) is 11.7. The van der Waals surface area contributed by atoms with Gasteiger partial charge in [-0.3, -0.25) is 9.59 Å². The van der Waals surface area contributed by atoms with Gasteiger partial charge in [0.05, 0.1) is 0 Å². The van der Waals surface area contributed by atoms with Gasteiger partial charge in [-0.2, -0.15) is 0 Å². The molecule has 1 saturated carbocycles. The minimum atomic E-state index is -0.321. The van der Waals surface area contributed by atoms with E-state index in [-0.39, 0.29) is 17.4 Å². The number of carbonyl (C=O) groups is 2. The van der Waals surface area contributed by atoms with Crippen LogP contribution in [0.25, 0.3) is 0 Å². The zero-order valence-corrected chi connectivity index (χ0v) is 11.7. The molecule has 2 rings (SSSR count). The molecule has 0 heterocycles. The van der Waals surface area contributed by atoms with E-state index in [1.54, 1.807) is 31.2 Å². The highest BCUT2D eigenvalue weighted by atomic mass is 16.2. The molecular weight excluding hydrogens is 254 g/mol. The minimum Gasteiger partial charge on any atom is -0.326 e. The summed E-state index contributed by atoms with van der Waals surface area (Å²) in [4.78, 5) is 23.3. The number of anilines is 2. The van der Waals surface area contributed by atoms with Crippen molar-refractivity contribution in [1.82, 2.24) is 0 Å². The van der Waals surface area contributed by atoms with Crippen LogP contribution in [0.1, 0.15) is 39.0 Å². The van der Waals surface area contributed by atoms with E-state index in [0.29, 0.717) is 24.2 Å². The maximum Gasteiger partial charge on any atom is 0.226 e. The SMILES string of the molecule is CCC(=O)Nc1cccc(NC(=O)CC2(N)CCC2)c1. The fourth-order valence-corrected chi connectivity index (χ4v) is 2.26. The summed E-state index contributed by atoms with van der Waals surface area (Å²) >= 11 is 0. The van der Waals surface area contributed by atoms with Gasteiger partial charge in [-0.25, -0.2) is 0 Å². The smallest absolute Gasteiger partial charge is 0.226 e. The number of hydrogen-bond donors (Lipinski definition) is 3. The quantitative estimate of drug-likeness (QED) is 0.770. The van der Waals surface area contributed by atoms with Crippen LogP contribution in [0.3, 0.4) is 0 Å². The van der Waals surface area contributed by atoms with E-state index in [1.165, 1.54) is 0 Å². The van der Waals surface area contributed by atoms with Crippen molar-refractivity contribution in [2.24, 2.45) is 5.73 Å². The standard InChI is InChI=1S/C15H21N3O2/c1-2-13(19)17-11-5-3-6-12(9-11)18-14(20)10-15(16)7-4-8-15/h3,5-6,9H,2,4,7-8,10,16H2,1H3,(H,17,19)(H,18,20). The van der Waals surface area contributed by atoms with Crippen molar-refractivity contribution in [3.63, 3.8) is 0 Å². The van der Waals surface area contributed by atoms with Crippen molar-refractivity contribution in [1.29, 1.82) is 0 Å². The first-order valence-electron chi connectivity index (χ1n) is 6.99. The molecule has 2 amide bonds. The Morgan fingerprint density at radius 1 is 1.20 bits per heavy atom. The fourth-order valence-electron chi connectivity index (χ4n) is 2.26. The van der Waals surface area contributed by atoms with Crippen LogP contribution in [-0.2, 0) is 9.59 Å². The first-order chi connectivity index (χ1) is 9.50. The lowest BCUT2D eigenvalue weighted by molar-refractivity contribution is -0.118. The summed E-state index contributed by atoms with van der Waals surface area (Å²) in [5.41, 5.74) is 7.09. The Labute approximate surface area is 118 Å². The Kier molecular flexibility index (Phi) is 4.39. The molecule has 0 aliphatic heterocycles. The molecule has 0 spiro atoms. The number of nitrogens with two attached hydrogens (primary N) is 1. The number of nitrogens with one attached hydrogen (secondary N) is 2. The maximum atomic E-state index is 11.9. The lowest BCUT2D eigenvalue weighted by Gasteiger charge is -2.37. The van der Waals surface area contributed by atoms with Crippen LogP contribution >= 0.6 is 0 Å². The van der Waals surface area contributed by atoms with Gasteiger partial charge in [-0.1, -0.05) is 13.0 Å². The van der Waals surface area contributed by atoms with Crippen LogP contribution < -0.4 is 16.4 Å². The van der Waals surface area contributed by atoms with Crippen LogP contribution in [0.2, 0.25) is 0 Å². The van der Waals surface area contributed by atoms with Crippen LogP contribution in [0.15, 0.2) is 24.3 Å². The van der Waals surface area contributed by atoms with Crippen molar-refractivity contribution >= 4 is 23.2 Å². The Bertz CT molecular complexity index is 510. The molecule has 4 N–H and O–H groups in total. The van der Waals surface area contributed by atoms with Gasteiger partial charge in [0.15, 0.2) is 0 Å². The Hall–Kier alpha value is -1.88. The van der Waals surface area contributed by atoms with E-state index in [1.807, 2.05) is 0 Å². The third kappa shape index (κ3) is 3.81. The fraction of sp³-hybridized carbons (Fsp3) is 0.467. The largest absolute Gasteiger partial charge is 0.326 e. The second-order valence-electron chi connectivity index (χ2n) is 5.42. The van der Waals surface area contributed by atoms with Crippen LogP contribution in [0.4, 0.5) is 11.4 Å². The van der Waals surface area contributed by atoms with E-state index >= 15 is 0 Å². The summed E-state index contributed by atoms with van der Waals surface area (Å²) in [6.07, 6.45) is 3.69. The molecule has 1 aliphatic carbocycles. The third-order valence-corrected chi connectivity index (χ3v) is 3.61. The molecular formula is C15H21N3O2. The molecule has 0 radical (unpaired) electrons. The van der Waals surface area contributed by atoms with Crippen molar-refractivity contribution in [3.8, 4) is 0 Å². The average molecular weight is 275 g/mol. The Morgan fingerprint density at radius 2 is 1.80 bits per heavy atom. The highest BCUT2D eigenvalue weighted by molar-refractivity contribution is 5.94. The van der Waals surface area contributed by atoms with Crippen LogP contribution in [0, 0.1) is 0 Å². The van der Waals surface area contributed by atoms with E-state index in [4.69, 9.17) is 5.73 Å².